The molecule has 24 heavy (non-hydrogen) atoms. The Hall–Kier alpha value is -2.87. The number of carboxylic acids is 1. The lowest BCUT2D eigenvalue weighted by atomic mass is 10.0. The molecule has 1 aromatic heterocycles. The Morgan fingerprint density at radius 1 is 1.21 bits per heavy atom. The van der Waals surface area contributed by atoms with Gasteiger partial charge in [0.25, 0.3) is 10.0 Å². The van der Waals surface area contributed by atoms with Crippen LogP contribution in [0.25, 0.3) is 5.76 Å². The van der Waals surface area contributed by atoms with Gasteiger partial charge in [0.2, 0.25) is 0 Å². The van der Waals surface area contributed by atoms with E-state index < -0.39 is 27.4 Å². The maximum absolute atomic E-state index is 12.4. The van der Waals surface area contributed by atoms with Gasteiger partial charge in [-0.3, -0.25) is 4.31 Å². The van der Waals surface area contributed by atoms with Crippen LogP contribution in [0.2, 0.25) is 0 Å². The third kappa shape index (κ3) is 2.50. The van der Waals surface area contributed by atoms with Gasteiger partial charge in [-0.05, 0) is 23.6 Å². The Labute approximate surface area is 138 Å². The van der Waals surface area contributed by atoms with Crippen LogP contribution in [-0.4, -0.2) is 40.9 Å². The molecule has 0 atom stereocenters. The molecule has 8 heteroatoms. The van der Waals surface area contributed by atoms with E-state index in [0.29, 0.717) is 16.3 Å². The second-order valence-electron chi connectivity index (χ2n) is 5.33. The van der Waals surface area contributed by atoms with Gasteiger partial charge in [-0.25, -0.2) is 9.78 Å². The van der Waals surface area contributed by atoms with Crippen molar-refractivity contribution in [3.05, 3.63) is 65.0 Å². The lowest BCUT2D eigenvalue weighted by molar-refractivity contribution is -0.133. The number of aromatic nitrogens is 1. The summed E-state index contributed by atoms with van der Waals surface area (Å²) in [7, 11) is -3.05. The molecule has 0 saturated carbocycles. The second-order valence-corrected chi connectivity index (χ2v) is 7.22. The Kier molecular flexibility index (Phi) is 3.76. The molecule has 0 amide bonds. The summed E-state index contributed by atoms with van der Waals surface area (Å²) < 4.78 is 25.3. The van der Waals surface area contributed by atoms with Gasteiger partial charge >= 0.3 is 5.97 Å². The van der Waals surface area contributed by atoms with Gasteiger partial charge in [0.05, 0.1) is 5.56 Å². The molecular formula is C16H14N2O5S. The van der Waals surface area contributed by atoms with Crippen molar-refractivity contribution in [2.75, 3.05) is 7.05 Å². The predicted molar refractivity (Wildman–Crippen MR) is 85.6 cm³/mol. The van der Waals surface area contributed by atoms with E-state index in [0.717, 1.165) is 12.6 Å². The number of likely N-dealkylation sites (N-methyl/N-ethyl adjacent to an activating group) is 1. The number of benzene rings is 1. The molecule has 0 bridgehead atoms. The van der Waals surface area contributed by atoms with Gasteiger partial charge < -0.3 is 10.2 Å². The highest BCUT2D eigenvalue weighted by atomic mass is 32.2. The summed E-state index contributed by atoms with van der Waals surface area (Å²) >= 11 is 0. The third-order valence-electron chi connectivity index (χ3n) is 3.76. The third-order valence-corrected chi connectivity index (χ3v) is 5.48. The minimum Gasteiger partial charge on any atom is -0.505 e. The first-order valence-corrected chi connectivity index (χ1v) is 8.45. The van der Waals surface area contributed by atoms with Gasteiger partial charge in [0.15, 0.2) is 16.5 Å². The van der Waals surface area contributed by atoms with Gasteiger partial charge in [-0.2, -0.15) is 8.42 Å². The van der Waals surface area contributed by atoms with Crippen LogP contribution in [0, 0.1) is 0 Å². The van der Waals surface area contributed by atoms with Crippen molar-refractivity contribution >= 4 is 21.8 Å². The highest BCUT2D eigenvalue weighted by Crippen LogP contribution is 2.33. The van der Waals surface area contributed by atoms with Gasteiger partial charge in [-0.15, -0.1) is 0 Å². The Morgan fingerprint density at radius 2 is 1.88 bits per heavy atom. The fourth-order valence-electron chi connectivity index (χ4n) is 2.56. The van der Waals surface area contributed by atoms with E-state index >= 15 is 0 Å². The zero-order valence-corrected chi connectivity index (χ0v) is 13.5. The van der Waals surface area contributed by atoms with Crippen LogP contribution in [0.1, 0.15) is 16.7 Å². The number of aliphatic carboxylic acids is 1. The number of nitrogens with zero attached hydrogens (tertiary/aromatic N) is 2. The van der Waals surface area contributed by atoms with Crippen molar-refractivity contribution in [3.63, 3.8) is 0 Å². The van der Waals surface area contributed by atoms with Crippen LogP contribution in [-0.2, 0) is 21.2 Å². The Bertz CT molecular complexity index is 952. The molecule has 0 saturated heterocycles. The minimum absolute atomic E-state index is 0.0982. The average Bonchev–Trinajstić information content (AvgIpc) is 2.54. The molecule has 0 radical (unpaired) electrons. The number of sulfonamides is 1. The van der Waals surface area contributed by atoms with Crippen molar-refractivity contribution in [1.82, 2.24) is 9.29 Å². The van der Waals surface area contributed by atoms with E-state index in [9.17, 15) is 23.4 Å². The molecule has 1 aromatic carbocycles. The van der Waals surface area contributed by atoms with Gasteiger partial charge in [0, 0.05) is 13.2 Å². The van der Waals surface area contributed by atoms with Crippen LogP contribution < -0.4 is 0 Å². The Morgan fingerprint density at radius 3 is 2.50 bits per heavy atom. The molecule has 1 aliphatic heterocycles. The number of aliphatic hydroxyl groups excluding tert-OH is 1. The molecule has 2 heterocycles. The normalized spacial score (nSPS) is 16.0. The molecule has 124 valence electrons. The number of pyridine rings is 1. The van der Waals surface area contributed by atoms with Gasteiger partial charge in [-0.1, -0.05) is 30.3 Å². The summed E-state index contributed by atoms with van der Waals surface area (Å²) in [5, 5.41) is 19.1. The molecule has 2 aromatic rings. The summed E-state index contributed by atoms with van der Waals surface area (Å²) in [4.78, 5) is 15.3. The van der Waals surface area contributed by atoms with E-state index in [1.807, 2.05) is 30.3 Å². The van der Waals surface area contributed by atoms with Crippen molar-refractivity contribution in [3.8, 4) is 0 Å². The standard InChI is InChI=1S/C16H14N2O5S/c1-18-13(16(20)21)14(19)12-8-11(7-10-5-3-2-4-6-10)9-17-15(12)24(18,22)23/h2-6,8-9,19H,7H2,1H3,(H,20,21). The number of rotatable bonds is 3. The van der Waals surface area contributed by atoms with Crippen molar-refractivity contribution in [2.24, 2.45) is 0 Å². The largest absolute Gasteiger partial charge is 0.505 e. The van der Waals surface area contributed by atoms with E-state index in [-0.39, 0.29) is 10.6 Å². The lowest BCUT2D eigenvalue weighted by Crippen LogP contribution is -2.35. The summed E-state index contributed by atoms with van der Waals surface area (Å²) in [5.74, 6) is -2.14. The number of fused-ring (bicyclic) bond motifs is 1. The summed E-state index contributed by atoms with van der Waals surface area (Å²) in [6.45, 7) is 0. The molecule has 0 spiro atoms. The molecule has 7 nitrogen and oxygen atoms in total. The summed E-state index contributed by atoms with van der Waals surface area (Å²) in [6.07, 6.45) is 1.89. The van der Waals surface area contributed by atoms with E-state index in [1.54, 1.807) is 0 Å². The lowest BCUT2D eigenvalue weighted by Gasteiger charge is -2.26. The smallest absolute Gasteiger partial charge is 0.357 e. The number of hydrogen-bond donors (Lipinski definition) is 2. The SMILES string of the molecule is CN1C(C(=O)O)=C(O)c2cc(Cc3ccccc3)cnc2S1(=O)=O. The van der Waals surface area contributed by atoms with Crippen LogP contribution in [0.5, 0.6) is 0 Å². The molecule has 0 fully saturated rings. The van der Waals surface area contributed by atoms with Crippen LogP contribution in [0.15, 0.2) is 53.3 Å². The number of carbonyl (C=O) groups is 1. The minimum atomic E-state index is -4.11. The average molecular weight is 346 g/mol. The highest BCUT2D eigenvalue weighted by Gasteiger charge is 2.39. The van der Waals surface area contributed by atoms with Crippen molar-refractivity contribution in [1.29, 1.82) is 0 Å². The van der Waals surface area contributed by atoms with Crippen LogP contribution >= 0.6 is 0 Å². The maximum atomic E-state index is 12.4. The summed E-state index contributed by atoms with van der Waals surface area (Å²) in [6, 6.07) is 10.9. The number of hydrogen-bond acceptors (Lipinski definition) is 5. The first-order chi connectivity index (χ1) is 11.3. The molecule has 3 rings (SSSR count). The van der Waals surface area contributed by atoms with E-state index in [4.69, 9.17) is 0 Å². The monoisotopic (exact) mass is 346 g/mol. The van der Waals surface area contributed by atoms with Crippen molar-refractivity contribution in [2.45, 2.75) is 11.4 Å². The first-order valence-electron chi connectivity index (χ1n) is 7.01. The quantitative estimate of drug-likeness (QED) is 0.874. The highest BCUT2D eigenvalue weighted by molar-refractivity contribution is 7.89. The Balaban J connectivity index is 2.14. The molecule has 1 aliphatic rings. The zero-order valence-electron chi connectivity index (χ0n) is 12.7. The fourth-order valence-corrected chi connectivity index (χ4v) is 3.85. The van der Waals surface area contributed by atoms with Gasteiger partial charge in [0.1, 0.15) is 0 Å². The van der Waals surface area contributed by atoms with E-state index in [1.165, 1.54) is 12.3 Å². The molecule has 0 unspecified atom stereocenters. The molecular weight excluding hydrogens is 332 g/mol. The molecule has 0 aliphatic carbocycles. The maximum Gasteiger partial charge on any atom is 0.357 e. The van der Waals surface area contributed by atoms with Crippen LogP contribution in [0.3, 0.4) is 0 Å². The van der Waals surface area contributed by atoms with Crippen molar-refractivity contribution < 1.29 is 23.4 Å². The zero-order chi connectivity index (χ0) is 17.5. The second kappa shape index (κ2) is 5.64. The van der Waals surface area contributed by atoms with Crippen LogP contribution in [0.4, 0.5) is 0 Å². The molecule has 2 N–H and O–H groups in total. The number of aliphatic hydroxyl groups is 1. The first kappa shape index (κ1) is 16.0. The predicted octanol–water partition coefficient (Wildman–Crippen LogP) is 1.62. The topological polar surface area (TPSA) is 108 Å². The fraction of sp³-hybridized carbons (Fsp3) is 0.125. The summed E-state index contributed by atoms with van der Waals surface area (Å²) in [5.41, 5.74) is 0.855. The van der Waals surface area contributed by atoms with E-state index in [2.05, 4.69) is 4.98 Å². The number of carboxylic acid groups (broad SMARTS) is 1.